The fourth-order valence-electron chi connectivity index (χ4n) is 3.94. The van der Waals surface area contributed by atoms with E-state index in [0.717, 1.165) is 17.4 Å². The van der Waals surface area contributed by atoms with Crippen LogP contribution < -0.4 is 16.8 Å². The Morgan fingerprint density at radius 1 is 1.34 bits per heavy atom. The Bertz CT molecular complexity index is 1190. The summed E-state index contributed by atoms with van der Waals surface area (Å²) in [5.74, 6) is 0. The minimum absolute atomic E-state index is 0.00967. The third-order valence-electron chi connectivity index (χ3n) is 5.74. The highest BCUT2D eigenvalue weighted by Crippen LogP contribution is 2.44. The largest absolute Gasteiger partial charge is 0.417 e. The molecule has 0 radical (unpaired) electrons. The summed E-state index contributed by atoms with van der Waals surface area (Å²) in [6.07, 6.45) is -5.72. The first-order chi connectivity index (χ1) is 16.5. The van der Waals surface area contributed by atoms with Gasteiger partial charge in [0.15, 0.2) is 6.23 Å². The minimum Gasteiger partial charge on any atom is -0.389 e. The van der Waals surface area contributed by atoms with Gasteiger partial charge in [-0.05, 0) is 25.0 Å². The highest BCUT2D eigenvalue weighted by molar-refractivity contribution is 7.19. The van der Waals surface area contributed by atoms with E-state index in [2.05, 4.69) is 15.4 Å². The van der Waals surface area contributed by atoms with Crippen LogP contribution in [0.25, 0.3) is 10.6 Å². The summed E-state index contributed by atoms with van der Waals surface area (Å²) < 4.78 is 61.8. The number of benzene rings is 1. The van der Waals surface area contributed by atoms with Crippen LogP contribution in [0.2, 0.25) is 5.02 Å². The number of hydrogen-bond acceptors (Lipinski definition) is 8. The van der Waals surface area contributed by atoms with E-state index in [0.29, 0.717) is 24.2 Å². The number of aliphatic hydroxyl groups excluding tert-OH is 1. The monoisotopic (exact) mass is 534 g/mol. The van der Waals surface area contributed by atoms with Gasteiger partial charge in [-0.1, -0.05) is 29.0 Å². The lowest BCUT2D eigenvalue weighted by atomic mass is 10.0. The average Bonchev–Trinajstić information content (AvgIpc) is 3.29. The molecule has 3 aromatic rings. The Balaban J connectivity index is 1.62. The van der Waals surface area contributed by atoms with E-state index < -0.39 is 36.3 Å². The van der Waals surface area contributed by atoms with Gasteiger partial charge < -0.3 is 26.6 Å². The molecule has 1 aromatic carbocycles. The van der Waals surface area contributed by atoms with Gasteiger partial charge in [0.25, 0.3) is 0 Å². The molecule has 0 spiro atoms. The number of thiazole rings is 1. The number of ether oxygens (including phenoxy) is 1. The molecule has 0 saturated carbocycles. The second-order valence-corrected chi connectivity index (χ2v) is 9.56. The molecule has 1 aliphatic rings. The van der Waals surface area contributed by atoms with Crippen molar-refractivity contribution in [2.24, 2.45) is 12.8 Å². The van der Waals surface area contributed by atoms with E-state index in [-0.39, 0.29) is 32.9 Å². The summed E-state index contributed by atoms with van der Waals surface area (Å²) in [5, 5.41) is 17.6. The SMILES string of the molecule is Cn1ncc(NC(O)c2nc(-c3c(Cl)cccc3C(F)(F)F)sc2N)c1[C@@H]1CC[C@@H](N)[C@H](F)CO1. The molecule has 8 nitrogen and oxygen atoms in total. The van der Waals surface area contributed by atoms with Crippen molar-refractivity contribution < 1.29 is 27.4 Å². The predicted molar refractivity (Wildman–Crippen MR) is 125 cm³/mol. The van der Waals surface area contributed by atoms with Crippen molar-refractivity contribution in [1.82, 2.24) is 14.8 Å². The number of nitrogens with two attached hydrogens (primary N) is 2. The van der Waals surface area contributed by atoms with Crippen molar-refractivity contribution in [1.29, 1.82) is 0 Å². The normalized spacial score (nSPS) is 22.1. The number of nitrogens with one attached hydrogen (secondary N) is 1. The van der Waals surface area contributed by atoms with E-state index in [1.165, 1.54) is 23.0 Å². The maximum Gasteiger partial charge on any atom is 0.417 e. The number of aryl methyl sites for hydroxylation is 1. The fourth-order valence-corrected chi connectivity index (χ4v) is 5.19. The molecule has 1 unspecified atom stereocenters. The Morgan fingerprint density at radius 2 is 2.09 bits per heavy atom. The van der Waals surface area contributed by atoms with Crippen molar-refractivity contribution in [2.75, 3.05) is 17.7 Å². The average molecular weight is 535 g/mol. The molecule has 35 heavy (non-hydrogen) atoms. The van der Waals surface area contributed by atoms with E-state index in [9.17, 15) is 22.7 Å². The van der Waals surface area contributed by atoms with Crippen LogP contribution in [-0.2, 0) is 18.0 Å². The third kappa shape index (κ3) is 5.23. The number of halogens is 5. The molecule has 2 aromatic heterocycles. The Kier molecular flexibility index (Phi) is 7.25. The molecular formula is C21H23ClF4N6O2S. The first-order valence-electron chi connectivity index (χ1n) is 10.6. The van der Waals surface area contributed by atoms with Crippen molar-refractivity contribution >= 4 is 33.6 Å². The second-order valence-electron chi connectivity index (χ2n) is 8.12. The molecule has 0 aliphatic carbocycles. The molecular weight excluding hydrogens is 512 g/mol. The lowest BCUT2D eigenvalue weighted by Crippen LogP contribution is -2.32. The van der Waals surface area contributed by atoms with Crippen molar-refractivity contribution in [3.63, 3.8) is 0 Å². The van der Waals surface area contributed by atoms with E-state index in [1.807, 2.05) is 0 Å². The molecule has 1 saturated heterocycles. The quantitative estimate of drug-likeness (QED) is 0.282. The number of rotatable bonds is 5. The smallest absolute Gasteiger partial charge is 0.389 e. The number of aromatic nitrogens is 3. The topological polar surface area (TPSA) is 124 Å². The second kappa shape index (κ2) is 9.90. The number of anilines is 2. The standard InChI is InChI=1S/C21H23ClF4N6O2S/c1-32-17(14-6-5-12(27)11(23)8-34-14)13(7-29-32)30-19(33)16-18(28)35-20(31-16)15-9(21(24,25)26)3-2-4-10(15)22/h2-4,7,11-12,14,19,30,33H,5-6,8,27-28H2,1H3/t11-,12-,14+,19?/m1/s1. The van der Waals surface area contributed by atoms with Crippen LogP contribution in [0.5, 0.6) is 0 Å². The Hall–Kier alpha value is -2.45. The van der Waals surface area contributed by atoms with Crippen LogP contribution >= 0.6 is 22.9 Å². The zero-order chi connectivity index (χ0) is 25.5. The van der Waals surface area contributed by atoms with Crippen LogP contribution in [0.15, 0.2) is 24.4 Å². The molecule has 0 amide bonds. The highest BCUT2D eigenvalue weighted by atomic mass is 35.5. The number of nitrogen functional groups attached to an aromatic ring is 1. The van der Waals surface area contributed by atoms with Gasteiger partial charge in [-0.2, -0.15) is 18.3 Å². The number of alkyl halides is 4. The van der Waals surface area contributed by atoms with Crippen LogP contribution in [0, 0.1) is 0 Å². The highest BCUT2D eigenvalue weighted by Gasteiger charge is 2.36. The summed E-state index contributed by atoms with van der Waals surface area (Å²) in [4.78, 5) is 4.17. The zero-order valence-corrected chi connectivity index (χ0v) is 20.0. The van der Waals surface area contributed by atoms with Crippen molar-refractivity contribution in [3.8, 4) is 10.6 Å². The summed E-state index contributed by atoms with van der Waals surface area (Å²) in [7, 11) is 1.67. The lowest BCUT2D eigenvalue weighted by Gasteiger charge is -2.19. The molecule has 1 aliphatic heterocycles. The molecule has 3 heterocycles. The number of aliphatic hydroxyl groups is 1. The van der Waals surface area contributed by atoms with Gasteiger partial charge in [-0.3, -0.25) is 4.68 Å². The predicted octanol–water partition coefficient (Wildman–Crippen LogP) is 4.42. The van der Waals surface area contributed by atoms with Gasteiger partial charge >= 0.3 is 6.18 Å². The first kappa shape index (κ1) is 25.6. The third-order valence-corrected chi connectivity index (χ3v) is 6.97. The van der Waals surface area contributed by atoms with E-state index in [4.69, 9.17) is 27.8 Å². The minimum atomic E-state index is -4.66. The molecule has 14 heteroatoms. The first-order valence-corrected chi connectivity index (χ1v) is 11.8. The molecule has 4 rings (SSSR count). The number of hydrogen-bond donors (Lipinski definition) is 4. The molecule has 190 valence electrons. The Morgan fingerprint density at radius 3 is 2.80 bits per heavy atom. The molecule has 6 N–H and O–H groups in total. The van der Waals surface area contributed by atoms with Crippen LogP contribution in [0.4, 0.5) is 28.3 Å². The Labute approximate surface area is 206 Å². The molecule has 1 fully saturated rings. The number of nitrogens with zero attached hydrogens (tertiary/aromatic N) is 3. The van der Waals surface area contributed by atoms with Crippen LogP contribution in [0.1, 0.15) is 42.1 Å². The van der Waals surface area contributed by atoms with Crippen LogP contribution in [0.3, 0.4) is 0 Å². The van der Waals surface area contributed by atoms with Crippen LogP contribution in [-0.4, -0.2) is 38.7 Å². The van der Waals surface area contributed by atoms with Gasteiger partial charge in [0.2, 0.25) is 0 Å². The van der Waals surface area contributed by atoms with Gasteiger partial charge in [0.05, 0.1) is 34.8 Å². The zero-order valence-electron chi connectivity index (χ0n) is 18.4. The van der Waals surface area contributed by atoms with E-state index >= 15 is 0 Å². The maximum atomic E-state index is 14.0. The lowest BCUT2D eigenvalue weighted by molar-refractivity contribution is -0.137. The molecule has 4 atom stereocenters. The summed E-state index contributed by atoms with van der Waals surface area (Å²) in [6.45, 7) is -0.180. The van der Waals surface area contributed by atoms with Gasteiger partial charge in [-0.25, -0.2) is 9.37 Å². The maximum absolute atomic E-state index is 14.0. The van der Waals surface area contributed by atoms with Crippen molar-refractivity contribution in [2.45, 2.75) is 43.6 Å². The van der Waals surface area contributed by atoms with Gasteiger partial charge in [0, 0.05) is 18.7 Å². The fraction of sp³-hybridized carbons (Fsp3) is 0.429. The summed E-state index contributed by atoms with van der Waals surface area (Å²) in [5.41, 5.74) is 11.4. The summed E-state index contributed by atoms with van der Waals surface area (Å²) in [6, 6.07) is 2.77. The van der Waals surface area contributed by atoms with Gasteiger partial charge in [0.1, 0.15) is 28.0 Å². The summed E-state index contributed by atoms with van der Waals surface area (Å²) >= 11 is 6.84. The van der Waals surface area contributed by atoms with Gasteiger partial charge in [-0.15, -0.1) is 0 Å². The molecule has 0 bridgehead atoms. The van der Waals surface area contributed by atoms with E-state index in [1.54, 1.807) is 7.05 Å². The van der Waals surface area contributed by atoms with Crippen molar-refractivity contribution in [3.05, 3.63) is 46.4 Å².